The smallest absolute Gasteiger partial charge is 0.254 e. The molecule has 1 amide bonds. The number of methoxy groups -OCH3 is 1. The van der Waals surface area contributed by atoms with Crippen molar-refractivity contribution in [3.63, 3.8) is 0 Å². The zero-order valence-corrected chi connectivity index (χ0v) is 13.8. The molecule has 122 valence electrons. The number of amides is 1. The molecular weight excluding hydrogens is 302 g/mol. The number of aromatic amines is 1. The van der Waals surface area contributed by atoms with E-state index < -0.39 is 0 Å². The molecule has 5 nitrogen and oxygen atoms in total. The van der Waals surface area contributed by atoms with E-state index in [0.717, 1.165) is 28.9 Å². The molecule has 24 heavy (non-hydrogen) atoms. The minimum Gasteiger partial charge on any atom is -0.496 e. The summed E-state index contributed by atoms with van der Waals surface area (Å²) < 4.78 is 5.57. The van der Waals surface area contributed by atoms with Gasteiger partial charge in [-0.05, 0) is 43.2 Å². The van der Waals surface area contributed by atoms with Gasteiger partial charge in [0, 0.05) is 46.7 Å². The molecule has 0 atom stereocenters. The van der Waals surface area contributed by atoms with Gasteiger partial charge in [0.1, 0.15) is 5.75 Å². The van der Waals surface area contributed by atoms with Gasteiger partial charge in [0.15, 0.2) is 0 Å². The van der Waals surface area contributed by atoms with Gasteiger partial charge in [-0.3, -0.25) is 9.78 Å². The molecule has 0 unspecified atom stereocenters. The summed E-state index contributed by atoms with van der Waals surface area (Å²) in [5, 5.41) is 1.21. The van der Waals surface area contributed by atoms with E-state index in [4.69, 9.17) is 4.74 Å². The summed E-state index contributed by atoms with van der Waals surface area (Å²) >= 11 is 0. The predicted molar refractivity (Wildman–Crippen MR) is 92.3 cm³/mol. The van der Waals surface area contributed by atoms with Gasteiger partial charge in [-0.15, -0.1) is 0 Å². The lowest BCUT2D eigenvalue weighted by Gasteiger charge is -2.22. The van der Waals surface area contributed by atoms with Crippen LogP contribution in [-0.2, 0) is 13.0 Å². The van der Waals surface area contributed by atoms with Crippen molar-refractivity contribution in [1.82, 2.24) is 14.9 Å². The number of rotatable bonds is 2. The van der Waals surface area contributed by atoms with E-state index in [1.54, 1.807) is 31.6 Å². The van der Waals surface area contributed by atoms with Gasteiger partial charge in [-0.1, -0.05) is 0 Å². The third kappa shape index (κ3) is 2.24. The van der Waals surface area contributed by atoms with E-state index in [1.165, 1.54) is 10.9 Å². The number of ether oxygens (including phenoxy) is 1. The Hall–Kier alpha value is -2.82. The minimum atomic E-state index is 0.0308. The molecule has 0 saturated carbocycles. The topological polar surface area (TPSA) is 58.2 Å². The van der Waals surface area contributed by atoms with Crippen molar-refractivity contribution < 1.29 is 9.53 Å². The normalized spacial score (nSPS) is 13.8. The van der Waals surface area contributed by atoms with Crippen LogP contribution in [0.2, 0.25) is 0 Å². The lowest BCUT2D eigenvalue weighted by Crippen LogP contribution is -2.31. The molecule has 5 heteroatoms. The molecule has 0 fully saturated rings. The second kappa shape index (κ2) is 5.67. The van der Waals surface area contributed by atoms with E-state index in [0.29, 0.717) is 18.7 Å². The van der Waals surface area contributed by atoms with E-state index >= 15 is 0 Å². The molecule has 0 bridgehead atoms. The van der Waals surface area contributed by atoms with Crippen molar-refractivity contribution >= 4 is 16.8 Å². The van der Waals surface area contributed by atoms with Gasteiger partial charge < -0.3 is 14.6 Å². The average Bonchev–Trinajstić information content (AvgIpc) is 2.80. The fraction of sp³-hybridized carbons (Fsp3) is 0.263. The molecule has 0 spiro atoms. The van der Waals surface area contributed by atoms with Crippen LogP contribution in [0.15, 0.2) is 36.7 Å². The molecule has 2 aromatic heterocycles. The molecule has 0 radical (unpaired) electrons. The second-order valence-corrected chi connectivity index (χ2v) is 6.11. The summed E-state index contributed by atoms with van der Waals surface area (Å²) in [4.78, 5) is 22.2. The van der Waals surface area contributed by atoms with Gasteiger partial charge in [0.05, 0.1) is 13.7 Å². The minimum absolute atomic E-state index is 0.0308. The monoisotopic (exact) mass is 321 g/mol. The quantitative estimate of drug-likeness (QED) is 0.789. The van der Waals surface area contributed by atoms with Crippen molar-refractivity contribution in [3.8, 4) is 5.75 Å². The number of carbonyl (C=O) groups is 1. The summed E-state index contributed by atoms with van der Waals surface area (Å²) in [6, 6.07) is 7.54. The Labute approximate surface area is 140 Å². The molecular formula is C19H19N3O2. The molecule has 0 aliphatic carbocycles. The summed E-state index contributed by atoms with van der Waals surface area (Å²) in [5.41, 5.74) is 5.30. The van der Waals surface area contributed by atoms with Crippen molar-refractivity contribution in [1.29, 1.82) is 0 Å². The largest absolute Gasteiger partial charge is 0.496 e. The van der Waals surface area contributed by atoms with Crippen LogP contribution in [-0.4, -0.2) is 34.4 Å². The number of aryl methyl sites for hydroxylation is 1. The highest BCUT2D eigenvalue weighted by atomic mass is 16.5. The number of hydrogen-bond donors (Lipinski definition) is 1. The first-order valence-corrected chi connectivity index (χ1v) is 8.05. The van der Waals surface area contributed by atoms with E-state index in [1.807, 2.05) is 11.0 Å². The second-order valence-electron chi connectivity index (χ2n) is 6.11. The van der Waals surface area contributed by atoms with E-state index in [2.05, 4.69) is 23.0 Å². The molecule has 1 aliphatic heterocycles. The molecule has 4 rings (SSSR count). The third-order valence-electron chi connectivity index (χ3n) is 4.76. The number of nitrogens with zero attached hydrogens (tertiary/aromatic N) is 2. The summed E-state index contributed by atoms with van der Waals surface area (Å²) in [5.74, 6) is 0.862. The van der Waals surface area contributed by atoms with Crippen LogP contribution in [0.5, 0.6) is 5.75 Å². The van der Waals surface area contributed by atoms with Crippen molar-refractivity contribution in [3.05, 3.63) is 59.0 Å². The van der Waals surface area contributed by atoms with E-state index in [-0.39, 0.29) is 5.91 Å². The van der Waals surface area contributed by atoms with Crippen LogP contribution in [0, 0.1) is 6.92 Å². The molecule has 1 aliphatic rings. The van der Waals surface area contributed by atoms with Crippen molar-refractivity contribution in [2.45, 2.75) is 19.9 Å². The van der Waals surface area contributed by atoms with Crippen molar-refractivity contribution in [2.75, 3.05) is 13.7 Å². The SMILES string of the molecule is COc1ccc2[nH]c(C)c3c2c1CN(C(=O)c1ccncc1)CC3. The number of H-pyrrole nitrogens is 1. The number of carbonyl (C=O) groups excluding carboxylic acids is 1. The first kappa shape index (κ1) is 14.8. The molecule has 3 heterocycles. The lowest BCUT2D eigenvalue weighted by molar-refractivity contribution is 0.0746. The fourth-order valence-corrected chi connectivity index (χ4v) is 3.57. The maximum atomic E-state index is 12.9. The molecule has 0 saturated heterocycles. The van der Waals surface area contributed by atoms with Gasteiger partial charge in [-0.25, -0.2) is 0 Å². The zero-order chi connectivity index (χ0) is 16.7. The number of hydrogen-bond acceptors (Lipinski definition) is 3. The highest BCUT2D eigenvalue weighted by Crippen LogP contribution is 2.35. The maximum absolute atomic E-state index is 12.9. The standard InChI is InChI=1S/C19H19N3O2/c1-12-14-7-10-22(19(23)13-5-8-20-9-6-13)11-15-17(24-2)4-3-16(21-12)18(14)15/h3-6,8-9,21H,7,10-11H2,1-2H3. The van der Waals surface area contributed by atoms with Crippen LogP contribution in [0.1, 0.15) is 27.2 Å². The number of aromatic nitrogens is 2. The first-order chi connectivity index (χ1) is 11.7. The van der Waals surface area contributed by atoms with E-state index in [9.17, 15) is 4.79 Å². The average molecular weight is 321 g/mol. The summed E-state index contributed by atoms with van der Waals surface area (Å²) in [6.07, 6.45) is 4.14. The summed E-state index contributed by atoms with van der Waals surface area (Å²) in [6.45, 7) is 3.32. The van der Waals surface area contributed by atoms with Crippen LogP contribution in [0.4, 0.5) is 0 Å². The van der Waals surface area contributed by atoms with Crippen LogP contribution in [0.25, 0.3) is 10.9 Å². The Bertz CT molecular complexity index is 915. The Morgan fingerprint density at radius 1 is 1.21 bits per heavy atom. The van der Waals surface area contributed by atoms with Gasteiger partial charge in [0.25, 0.3) is 5.91 Å². The zero-order valence-electron chi connectivity index (χ0n) is 13.8. The predicted octanol–water partition coefficient (Wildman–Crippen LogP) is 3.08. The van der Waals surface area contributed by atoms with Crippen LogP contribution in [0.3, 0.4) is 0 Å². The molecule has 1 aromatic carbocycles. The Morgan fingerprint density at radius 2 is 2.00 bits per heavy atom. The number of nitrogens with one attached hydrogen (secondary N) is 1. The summed E-state index contributed by atoms with van der Waals surface area (Å²) in [7, 11) is 1.68. The lowest BCUT2D eigenvalue weighted by atomic mass is 10.0. The van der Waals surface area contributed by atoms with Gasteiger partial charge >= 0.3 is 0 Å². The molecule has 1 N–H and O–H groups in total. The third-order valence-corrected chi connectivity index (χ3v) is 4.76. The maximum Gasteiger partial charge on any atom is 0.254 e. The highest BCUT2D eigenvalue weighted by molar-refractivity contribution is 5.96. The number of pyridine rings is 1. The van der Waals surface area contributed by atoms with Crippen molar-refractivity contribution in [2.24, 2.45) is 0 Å². The first-order valence-electron chi connectivity index (χ1n) is 8.05. The number of benzene rings is 1. The highest BCUT2D eigenvalue weighted by Gasteiger charge is 2.25. The van der Waals surface area contributed by atoms with Crippen LogP contribution >= 0.6 is 0 Å². The molecule has 3 aromatic rings. The van der Waals surface area contributed by atoms with Crippen LogP contribution < -0.4 is 4.74 Å². The van der Waals surface area contributed by atoms with Gasteiger partial charge in [0.2, 0.25) is 0 Å². The fourth-order valence-electron chi connectivity index (χ4n) is 3.57. The Kier molecular flexibility index (Phi) is 3.49. The van der Waals surface area contributed by atoms with Gasteiger partial charge in [-0.2, -0.15) is 0 Å². The Balaban J connectivity index is 1.80. The Morgan fingerprint density at radius 3 is 2.75 bits per heavy atom.